The molecule has 1 atom stereocenters. The molecule has 0 saturated heterocycles. The lowest BCUT2D eigenvalue weighted by Gasteiger charge is -2.41. The highest BCUT2D eigenvalue weighted by Crippen LogP contribution is 2.40. The quantitative estimate of drug-likeness (QED) is 0.616. The predicted molar refractivity (Wildman–Crippen MR) is 109 cm³/mol. The number of aliphatic hydroxyl groups is 1. The average Bonchev–Trinajstić information content (AvgIpc) is 2.68. The van der Waals surface area contributed by atoms with E-state index >= 15 is 0 Å². The van der Waals surface area contributed by atoms with E-state index in [0.29, 0.717) is 18.7 Å². The molecule has 29 heavy (non-hydrogen) atoms. The van der Waals surface area contributed by atoms with Gasteiger partial charge in [0.2, 0.25) is 0 Å². The monoisotopic (exact) mass is 419 g/mol. The van der Waals surface area contributed by atoms with Gasteiger partial charge in [-0.2, -0.15) is 13.2 Å². The zero-order valence-corrected chi connectivity index (χ0v) is 16.4. The van der Waals surface area contributed by atoms with Crippen LogP contribution in [0, 0.1) is 0 Å². The molecule has 0 saturated carbocycles. The third-order valence-corrected chi connectivity index (χ3v) is 5.23. The molecule has 6 heteroatoms. The van der Waals surface area contributed by atoms with Crippen LogP contribution in [0.1, 0.15) is 27.8 Å². The Morgan fingerprint density at radius 3 is 2.31 bits per heavy atom. The van der Waals surface area contributed by atoms with Gasteiger partial charge in [-0.05, 0) is 34.4 Å². The molecule has 0 aromatic heterocycles. The molecule has 1 unspecified atom stereocenters. The Kier molecular flexibility index (Phi) is 6.03. The number of nitrogens with zero attached hydrogens (tertiary/aromatic N) is 1. The molecule has 1 aliphatic rings. The van der Waals surface area contributed by atoms with E-state index in [9.17, 15) is 18.3 Å². The lowest BCUT2D eigenvalue weighted by molar-refractivity contribution is -0.137. The van der Waals surface area contributed by atoms with Gasteiger partial charge in [0, 0.05) is 19.6 Å². The molecule has 0 amide bonds. The lowest BCUT2D eigenvalue weighted by Crippen LogP contribution is -2.46. The van der Waals surface area contributed by atoms with Crippen LogP contribution in [0.3, 0.4) is 0 Å². The summed E-state index contributed by atoms with van der Waals surface area (Å²) in [5.41, 5.74) is 0.672. The summed E-state index contributed by atoms with van der Waals surface area (Å²) >= 11 is 0. The number of fused-ring (bicyclic) bond motifs is 1. The molecule has 4 rings (SSSR count). The number of rotatable bonds is 3. The Hall–Kier alpha value is -2.34. The standard InChI is InChI=1S/C23H20F3NO.ClH/c24-23(25,26)20-11-6-10-19(13-20)22(28)16-27(14-17-7-2-1-3-8-17)15-18-9-4-5-12-21(18)22;/h1-13,28H,14-16H2;1H. The largest absolute Gasteiger partial charge is 0.416 e. The molecule has 0 bridgehead atoms. The highest BCUT2D eigenvalue weighted by Gasteiger charge is 2.40. The van der Waals surface area contributed by atoms with Crippen LogP contribution in [0.15, 0.2) is 78.9 Å². The summed E-state index contributed by atoms with van der Waals surface area (Å²) in [6, 6.07) is 22.3. The predicted octanol–water partition coefficient (Wildman–Crippen LogP) is 5.38. The van der Waals surface area contributed by atoms with Crippen LogP contribution in [-0.2, 0) is 24.9 Å². The van der Waals surface area contributed by atoms with Gasteiger partial charge in [-0.3, -0.25) is 4.90 Å². The normalized spacial score (nSPS) is 19.3. The van der Waals surface area contributed by atoms with Gasteiger partial charge >= 0.3 is 6.18 Å². The third-order valence-electron chi connectivity index (χ3n) is 5.23. The maximum atomic E-state index is 13.2. The SMILES string of the molecule is Cl.OC1(c2cccc(C(F)(F)F)c2)CN(Cc2ccccc2)Cc2ccccc21. The summed E-state index contributed by atoms with van der Waals surface area (Å²) in [5.74, 6) is 0. The summed E-state index contributed by atoms with van der Waals surface area (Å²) < 4.78 is 39.7. The Morgan fingerprint density at radius 2 is 1.59 bits per heavy atom. The lowest BCUT2D eigenvalue weighted by atomic mass is 9.80. The van der Waals surface area contributed by atoms with Crippen molar-refractivity contribution in [2.24, 2.45) is 0 Å². The van der Waals surface area contributed by atoms with Gasteiger partial charge in [0.05, 0.1) is 5.56 Å². The van der Waals surface area contributed by atoms with Crippen molar-refractivity contribution in [2.45, 2.75) is 24.9 Å². The highest BCUT2D eigenvalue weighted by atomic mass is 35.5. The molecule has 1 aliphatic heterocycles. The molecular weight excluding hydrogens is 399 g/mol. The third kappa shape index (κ3) is 4.32. The summed E-state index contributed by atoms with van der Waals surface area (Å²) in [6.45, 7) is 1.46. The van der Waals surface area contributed by atoms with E-state index in [1.165, 1.54) is 6.07 Å². The number of halogens is 4. The first-order chi connectivity index (χ1) is 13.4. The number of benzene rings is 3. The summed E-state index contributed by atoms with van der Waals surface area (Å²) in [6.07, 6.45) is -4.45. The molecular formula is C23H21ClF3NO. The number of alkyl halides is 3. The highest BCUT2D eigenvalue weighted by molar-refractivity contribution is 5.85. The van der Waals surface area contributed by atoms with Gasteiger partial charge < -0.3 is 5.11 Å². The van der Waals surface area contributed by atoms with E-state index in [1.54, 1.807) is 12.1 Å². The fourth-order valence-electron chi connectivity index (χ4n) is 3.92. The molecule has 0 radical (unpaired) electrons. The van der Waals surface area contributed by atoms with Crippen LogP contribution < -0.4 is 0 Å². The summed E-state index contributed by atoms with van der Waals surface area (Å²) in [4.78, 5) is 2.07. The van der Waals surface area contributed by atoms with Crippen LogP contribution >= 0.6 is 12.4 Å². The Balaban J connectivity index is 0.00000240. The number of hydrogen-bond acceptors (Lipinski definition) is 2. The first kappa shape index (κ1) is 21.4. The van der Waals surface area contributed by atoms with Crippen molar-refractivity contribution in [2.75, 3.05) is 6.54 Å². The zero-order chi connectivity index (χ0) is 19.8. The minimum absolute atomic E-state index is 0. The van der Waals surface area contributed by atoms with Crippen LogP contribution in [0.25, 0.3) is 0 Å². The Labute approximate surface area is 174 Å². The van der Waals surface area contributed by atoms with Crippen molar-refractivity contribution in [1.29, 1.82) is 0 Å². The first-order valence-electron chi connectivity index (χ1n) is 9.11. The van der Waals surface area contributed by atoms with Crippen LogP contribution in [0.5, 0.6) is 0 Å². The molecule has 152 valence electrons. The van der Waals surface area contributed by atoms with E-state index in [0.717, 1.165) is 23.3 Å². The second-order valence-electron chi connectivity index (χ2n) is 7.23. The molecule has 2 nitrogen and oxygen atoms in total. The number of β-amino-alcohol motifs (C(OH)–C–C–N with tert-alkyl or cyclic N) is 1. The number of hydrogen-bond donors (Lipinski definition) is 1. The maximum absolute atomic E-state index is 13.2. The average molecular weight is 420 g/mol. The first-order valence-corrected chi connectivity index (χ1v) is 9.11. The second kappa shape index (κ2) is 8.19. The van der Waals surface area contributed by atoms with Gasteiger partial charge in [-0.1, -0.05) is 66.7 Å². The van der Waals surface area contributed by atoms with E-state index < -0.39 is 17.3 Å². The fraction of sp³-hybridized carbons (Fsp3) is 0.217. The summed E-state index contributed by atoms with van der Waals surface area (Å²) in [7, 11) is 0. The maximum Gasteiger partial charge on any atom is 0.416 e. The Bertz CT molecular complexity index is 977. The van der Waals surface area contributed by atoms with E-state index in [2.05, 4.69) is 4.90 Å². The van der Waals surface area contributed by atoms with Gasteiger partial charge in [0.1, 0.15) is 5.60 Å². The molecule has 1 heterocycles. The van der Waals surface area contributed by atoms with Crippen molar-refractivity contribution >= 4 is 12.4 Å². The molecule has 3 aromatic rings. The summed E-state index contributed by atoms with van der Waals surface area (Å²) in [5, 5.41) is 11.6. The van der Waals surface area contributed by atoms with Crippen molar-refractivity contribution in [3.63, 3.8) is 0 Å². The Morgan fingerprint density at radius 1 is 0.897 bits per heavy atom. The minimum Gasteiger partial charge on any atom is -0.379 e. The van der Waals surface area contributed by atoms with Gasteiger partial charge in [0.25, 0.3) is 0 Å². The second-order valence-corrected chi connectivity index (χ2v) is 7.23. The van der Waals surface area contributed by atoms with Gasteiger partial charge in [-0.25, -0.2) is 0 Å². The van der Waals surface area contributed by atoms with E-state index in [4.69, 9.17) is 0 Å². The van der Waals surface area contributed by atoms with Gasteiger partial charge in [0.15, 0.2) is 0 Å². The molecule has 1 N–H and O–H groups in total. The van der Waals surface area contributed by atoms with Crippen LogP contribution in [-0.4, -0.2) is 16.6 Å². The van der Waals surface area contributed by atoms with Crippen molar-refractivity contribution in [1.82, 2.24) is 4.90 Å². The zero-order valence-electron chi connectivity index (χ0n) is 15.6. The van der Waals surface area contributed by atoms with Gasteiger partial charge in [-0.15, -0.1) is 12.4 Å². The topological polar surface area (TPSA) is 23.5 Å². The van der Waals surface area contributed by atoms with E-state index in [1.807, 2.05) is 48.5 Å². The van der Waals surface area contributed by atoms with Crippen molar-refractivity contribution in [3.05, 3.63) is 107 Å². The van der Waals surface area contributed by atoms with Crippen molar-refractivity contribution in [3.8, 4) is 0 Å². The van der Waals surface area contributed by atoms with Crippen LogP contribution in [0.4, 0.5) is 13.2 Å². The van der Waals surface area contributed by atoms with E-state index in [-0.39, 0.29) is 24.5 Å². The minimum atomic E-state index is -4.45. The molecule has 0 spiro atoms. The molecule has 0 aliphatic carbocycles. The smallest absolute Gasteiger partial charge is 0.379 e. The fourth-order valence-corrected chi connectivity index (χ4v) is 3.92. The van der Waals surface area contributed by atoms with Crippen molar-refractivity contribution < 1.29 is 18.3 Å². The molecule has 0 fully saturated rings. The van der Waals surface area contributed by atoms with Crippen LogP contribution in [0.2, 0.25) is 0 Å². The molecule has 3 aromatic carbocycles.